The van der Waals surface area contributed by atoms with Crippen LogP contribution in [0.3, 0.4) is 0 Å². The van der Waals surface area contributed by atoms with Gasteiger partial charge in [-0.3, -0.25) is 18.7 Å². The predicted octanol–water partition coefficient (Wildman–Crippen LogP) is 1.34. The molecule has 0 spiro atoms. The Balaban J connectivity index is 1.40. The summed E-state index contributed by atoms with van der Waals surface area (Å²) in [4.78, 5) is 41.9. The number of piperazine rings is 1. The third-order valence-electron chi connectivity index (χ3n) is 6.03. The Kier molecular flexibility index (Phi) is 5.67. The van der Waals surface area contributed by atoms with Gasteiger partial charge in [-0.15, -0.1) is 0 Å². The highest BCUT2D eigenvalue weighted by Gasteiger charge is 2.26. The van der Waals surface area contributed by atoms with Crippen molar-refractivity contribution in [2.45, 2.75) is 40.3 Å². The Bertz CT molecular complexity index is 1160. The van der Waals surface area contributed by atoms with Crippen LogP contribution in [0, 0.1) is 13.8 Å². The summed E-state index contributed by atoms with van der Waals surface area (Å²) < 4.78 is 8.35. The Labute approximate surface area is 179 Å². The van der Waals surface area contributed by atoms with Gasteiger partial charge in [0.25, 0.3) is 0 Å². The van der Waals surface area contributed by atoms with Crippen LogP contribution in [0.5, 0.6) is 0 Å². The van der Waals surface area contributed by atoms with E-state index >= 15 is 0 Å². The molecule has 9 heteroatoms. The van der Waals surface area contributed by atoms with Gasteiger partial charge in [0.2, 0.25) is 11.8 Å². The number of para-hydroxylation sites is 2. The average Bonchev–Trinajstić information content (AvgIpc) is 3.24. The van der Waals surface area contributed by atoms with Gasteiger partial charge in [-0.05, 0) is 32.9 Å². The number of hydrogen-bond acceptors (Lipinski definition) is 5. The second-order valence-electron chi connectivity index (χ2n) is 7.84. The van der Waals surface area contributed by atoms with E-state index in [0.29, 0.717) is 38.5 Å². The number of carbonyl (C=O) groups is 2. The quantitative estimate of drug-likeness (QED) is 0.615. The van der Waals surface area contributed by atoms with Crippen LogP contribution in [0.2, 0.25) is 0 Å². The molecule has 0 bridgehead atoms. The third kappa shape index (κ3) is 3.87. The van der Waals surface area contributed by atoms with Crippen molar-refractivity contribution in [2.75, 3.05) is 26.2 Å². The summed E-state index contributed by atoms with van der Waals surface area (Å²) in [6.07, 6.45) is 0.251. The van der Waals surface area contributed by atoms with Crippen LogP contribution in [-0.2, 0) is 29.1 Å². The molecule has 0 aliphatic carbocycles. The smallest absolute Gasteiger partial charge is 0.329 e. The first-order valence-corrected chi connectivity index (χ1v) is 10.6. The molecule has 31 heavy (non-hydrogen) atoms. The van der Waals surface area contributed by atoms with Crippen molar-refractivity contribution in [3.8, 4) is 0 Å². The van der Waals surface area contributed by atoms with E-state index in [0.717, 1.165) is 22.3 Å². The first kappa shape index (κ1) is 20.9. The zero-order valence-corrected chi connectivity index (χ0v) is 18.1. The van der Waals surface area contributed by atoms with Gasteiger partial charge in [0.1, 0.15) is 12.3 Å². The summed E-state index contributed by atoms with van der Waals surface area (Å²) in [7, 11) is 0. The molecular weight excluding hydrogens is 398 g/mol. The van der Waals surface area contributed by atoms with E-state index in [-0.39, 0.29) is 30.5 Å². The average molecular weight is 425 g/mol. The summed E-state index contributed by atoms with van der Waals surface area (Å²) in [6.45, 7) is 7.94. The highest BCUT2D eigenvalue weighted by molar-refractivity contribution is 5.82. The summed E-state index contributed by atoms with van der Waals surface area (Å²) in [5.41, 5.74) is 2.98. The molecule has 1 aliphatic rings. The van der Waals surface area contributed by atoms with Crippen LogP contribution < -0.4 is 5.69 Å². The number of hydrogen-bond donors (Lipinski definition) is 0. The lowest BCUT2D eigenvalue weighted by Crippen LogP contribution is -2.52. The summed E-state index contributed by atoms with van der Waals surface area (Å²) in [5.74, 6) is 0.555. The fraction of sp³-hybridized carbons (Fsp3) is 0.455. The van der Waals surface area contributed by atoms with E-state index in [1.165, 1.54) is 4.57 Å². The molecule has 1 aromatic carbocycles. The standard InChI is InChI=1S/C22H27N5O4/c1-4-26-18-7-5-6-8-19(18)27(22(26)30)14-21(29)25-11-9-24(10-12-25)20(28)13-17-15(2)23-31-16(17)3/h5-8H,4,9-14H2,1-3H3. The van der Waals surface area contributed by atoms with E-state index in [1.807, 2.05) is 38.1 Å². The monoisotopic (exact) mass is 425 g/mol. The van der Waals surface area contributed by atoms with E-state index < -0.39 is 0 Å². The molecule has 0 N–H and O–H groups in total. The first-order chi connectivity index (χ1) is 14.9. The minimum Gasteiger partial charge on any atom is -0.361 e. The van der Waals surface area contributed by atoms with Crippen molar-refractivity contribution >= 4 is 22.8 Å². The number of rotatable bonds is 5. The molecule has 0 atom stereocenters. The number of imidazole rings is 1. The molecule has 1 saturated heterocycles. The molecule has 0 saturated carbocycles. The summed E-state index contributed by atoms with van der Waals surface area (Å²) >= 11 is 0. The SMILES string of the molecule is CCn1c(=O)n(CC(=O)N2CCN(C(=O)Cc3c(C)noc3C)CC2)c2ccccc21. The van der Waals surface area contributed by atoms with Gasteiger partial charge in [-0.1, -0.05) is 17.3 Å². The molecule has 2 amide bonds. The maximum absolute atomic E-state index is 12.9. The molecule has 0 radical (unpaired) electrons. The van der Waals surface area contributed by atoms with E-state index in [2.05, 4.69) is 5.16 Å². The van der Waals surface area contributed by atoms with Crippen LogP contribution in [0.15, 0.2) is 33.6 Å². The van der Waals surface area contributed by atoms with Crippen molar-refractivity contribution in [1.82, 2.24) is 24.1 Å². The number of aryl methyl sites for hydroxylation is 3. The van der Waals surface area contributed by atoms with Gasteiger partial charge in [0, 0.05) is 38.3 Å². The summed E-state index contributed by atoms with van der Waals surface area (Å²) in [5, 5.41) is 3.90. The first-order valence-electron chi connectivity index (χ1n) is 10.6. The number of fused-ring (bicyclic) bond motifs is 1. The Morgan fingerprint density at radius 2 is 1.55 bits per heavy atom. The number of carbonyl (C=O) groups excluding carboxylic acids is 2. The van der Waals surface area contributed by atoms with E-state index in [4.69, 9.17) is 4.52 Å². The topological polar surface area (TPSA) is 93.6 Å². The maximum atomic E-state index is 12.9. The lowest BCUT2D eigenvalue weighted by Gasteiger charge is -2.35. The van der Waals surface area contributed by atoms with Crippen molar-refractivity contribution in [2.24, 2.45) is 0 Å². The second kappa shape index (κ2) is 8.41. The zero-order valence-electron chi connectivity index (χ0n) is 18.1. The Morgan fingerprint density at radius 3 is 2.10 bits per heavy atom. The fourth-order valence-electron chi connectivity index (χ4n) is 4.19. The normalized spacial score (nSPS) is 14.4. The van der Waals surface area contributed by atoms with Crippen molar-refractivity contribution in [3.63, 3.8) is 0 Å². The van der Waals surface area contributed by atoms with Crippen LogP contribution >= 0.6 is 0 Å². The maximum Gasteiger partial charge on any atom is 0.329 e. The van der Waals surface area contributed by atoms with Crippen LogP contribution in [0.4, 0.5) is 0 Å². The van der Waals surface area contributed by atoms with Crippen LogP contribution in [0.25, 0.3) is 11.0 Å². The number of aromatic nitrogens is 3. The molecule has 1 aliphatic heterocycles. The molecule has 9 nitrogen and oxygen atoms in total. The zero-order chi connectivity index (χ0) is 22.1. The van der Waals surface area contributed by atoms with Gasteiger partial charge in [-0.2, -0.15) is 0 Å². The van der Waals surface area contributed by atoms with Crippen LogP contribution in [-0.4, -0.2) is 62.1 Å². The van der Waals surface area contributed by atoms with Gasteiger partial charge in [0.05, 0.1) is 23.1 Å². The molecule has 164 valence electrons. The molecular formula is C22H27N5O4. The molecule has 2 aromatic heterocycles. The molecule has 1 fully saturated rings. The molecule has 3 aromatic rings. The number of benzene rings is 1. The predicted molar refractivity (Wildman–Crippen MR) is 115 cm³/mol. The Morgan fingerprint density at radius 1 is 0.968 bits per heavy atom. The van der Waals surface area contributed by atoms with Gasteiger partial charge >= 0.3 is 5.69 Å². The molecule has 4 rings (SSSR count). The minimum absolute atomic E-state index is 0.000624. The lowest BCUT2D eigenvalue weighted by molar-refractivity contribution is -0.139. The van der Waals surface area contributed by atoms with Gasteiger partial charge in [0.15, 0.2) is 0 Å². The largest absolute Gasteiger partial charge is 0.361 e. The minimum atomic E-state index is -0.176. The van der Waals surface area contributed by atoms with E-state index in [1.54, 1.807) is 21.3 Å². The van der Waals surface area contributed by atoms with Crippen molar-refractivity contribution in [3.05, 3.63) is 51.8 Å². The fourth-order valence-corrected chi connectivity index (χ4v) is 4.19. The molecule has 3 heterocycles. The lowest BCUT2D eigenvalue weighted by atomic mass is 10.1. The van der Waals surface area contributed by atoms with Crippen molar-refractivity contribution in [1.29, 1.82) is 0 Å². The highest BCUT2D eigenvalue weighted by atomic mass is 16.5. The second-order valence-corrected chi connectivity index (χ2v) is 7.84. The Hall–Kier alpha value is -3.36. The van der Waals surface area contributed by atoms with Gasteiger partial charge < -0.3 is 14.3 Å². The third-order valence-corrected chi connectivity index (χ3v) is 6.03. The van der Waals surface area contributed by atoms with E-state index in [9.17, 15) is 14.4 Å². The van der Waals surface area contributed by atoms with Crippen molar-refractivity contribution < 1.29 is 14.1 Å². The van der Waals surface area contributed by atoms with Crippen LogP contribution in [0.1, 0.15) is 23.9 Å². The summed E-state index contributed by atoms with van der Waals surface area (Å²) in [6, 6.07) is 7.51. The molecule has 0 unspecified atom stereocenters. The highest BCUT2D eigenvalue weighted by Crippen LogP contribution is 2.16. The van der Waals surface area contributed by atoms with Gasteiger partial charge in [-0.25, -0.2) is 4.79 Å². The number of nitrogens with zero attached hydrogens (tertiary/aromatic N) is 5. The number of amides is 2.